The number of hydrogen-bond acceptors (Lipinski definition) is 3. The molecule has 1 aliphatic carbocycles. The lowest BCUT2D eigenvalue weighted by atomic mass is 9.79. The van der Waals surface area contributed by atoms with Gasteiger partial charge in [0.05, 0.1) is 6.61 Å². The van der Waals surface area contributed by atoms with Crippen LogP contribution in [0.3, 0.4) is 0 Å². The van der Waals surface area contributed by atoms with Crippen molar-refractivity contribution in [2.75, 3.05) is 26.9 Å². The van der Waals surface area contributed by atoms with Gasteiger partial charge in [0, 0.05) is 18.7 Å². The fraction of sp³-hybridized carbons (Fsp3) is 0.647. The standard InChI is InChI=1S/C17H27NO2/c1-3-18-16(13-14-7-6-8-14)15-9-4-5-10-17(15)20-12-11-19-2/h4-5,9-10,14,16,18H,3,6-8,11-13H2,1-2H3. The van der Waals surface area contributed by atoms with Crippen molar-refractivity contribution >= 4 is 0 Å². The van der Waals surface area contributed by atoms with Crippen LogP contribution in [0.15, 0.2) is 24.3 Å². The third-order valence-corrected chi connectivity index (χ3v) is 4.08. The Morgan fingerprint density at radius 2 is 2.05 bits per heavy atom. The van der Waals surface area contributed by atoms with Gasteiger partial charge in [0.2, 0.25) is 0 Å². The van der Waals surface area contributed by atoms with Crippen LogP contribution >= 0.6 is 0 Å². The van der Waals surface area contributed by atoms with Crippen LogP contribution in [-0.2, 0) is 4.74 Å². The van der Waals surface area contributed by atoms with Gasteiger partial charge in [-0.05, 0) is 24.9 Å². The number of ether oxygens (including phenoxy) is 2. The first kappa shape index (κ1) is 15.3. The summed E-state index contributed by atoms with van der Waals surface area (Å²) in [7, 11) is 1.70. The van der Waals surface area contributed by atoms with Crippen LogP contribution in [0, 0.1) is 5.92 Å². The van der Waals surface area contributed by atoms with Gasteiger partial charge in [0.25, 0.3) is 0 Å². The second-order valence-corrected chi connectivity index (χ2v) is 5.52. The van der Waals surface area contributed by atoms with Gasteiger partial charge in [-0.15, -0.1) is 0 Å². The molecule has 1 unspecified atom stereocenters. The van der Waals surface area contributed by atoms with Crippen molar-refractivity contribution < 1.29 is 9.47 Å². The summed E-state index contributed by atoms with van der Waals surface area (Å²) in [6.07, 6.45) is 5.39. The topological polar surface area (TPSA) is 30.5 Å². The average Bonchev–Trinajstić information content (AvgIpc) is 2.42. The maximum Gasteiger partial charge on any atom is 0.124 e. The van der Waals surface area contributed by atoms with E-state index in [-0.39, 0.29) is 0 Å². The van der Waals surface area contributed by atoms with Gasteiger partial charge in [-0.1, -0.05) is 44.4 Å². The Morgan fingerprint density at radius 3 is 2.70 bits per heavy atom. The van der Waals surface area contributed by atoms with E-state index < -0.39 is 0 Å². The van der Waals surface area contributed by atoms with E-state index in [2.05, 4.69) is 30.4 Å². The van der Waals surface area contributed by atoms with E-state index in [1.165, 1.54) is 31.2 Å². The highest BCUT2D eigenvalue weighted by Crippen LogP contribution is 2.37. The van der Waals surface area contributed by atoms with Gasteiger partial charge in [-0.25, -0.2) is 0 Å². The molecule has 1 N–H and O–H groups in total. The van der Waals surface area contributed by atoms with Crippen LogP contribution in [0.1, 0.15) is 44.2 Å². The highest BCUT2D eigenvalue weighted by Gasteiger charge is 2.24. The minimum absolute atomic E-state index is 0.407. The second-order valence-electron chi connectivity index (χ2n) is 5.52. The van der Waals surface area contributed by atoms with E-state index in [0.717, 1.165) is 18.2 Å². The zero-order valence-corrected chi connectivity index (χ0v) is 12.7. The summed E-state index contributed by atoms with van der Waals surface area (Å²) >= 11 is 0. The van der Waals surface area contributed by atoms with Crippen molar-refractivity contribution in [3.8, 4) is 5.75 Å². The lowest BCUT2D eigenvalue weighted by molar-refractivity contribution is 0.145. The molecule has 0 spiro atoms. The molecular formula is C17H27NO2. The minimum Gasteiger partial charge on any atom is -0.491 e. The van der Waals surface area contributed by atoms with Crippen LogP contribution in [-0.4, -0.2) is 26.9 Å². The number of hydrogen-bond donors (Lipinski definition) is 1. The van der Waals surface area contributed by atoms with Gasteiger partial charge in [0.15, 0.2) is 0 Å². The molecule has 0 saturated heterocycles. The van der Waals surface area contributed by atoms with E-state index in [4.69, 9.17) is 9.47 Å². The quantitative estimate of drug-likeness (QED) is 0.700. The van der Waals surface area contributed by atoms with E-state index >= 15 is 0 Å². The Kier molecular flexibility index (Phi) is 6.34. The van der Waals surface area contributed by atoms with Crippen molar-refractivity contribution in [3.05, 3.63) is 29.8 Å². The van der Waals surface area contributed by atoms with Crippen LogP contribution in [0.5, 0.6) is 5.75 Å². The molecule has 1 atom stereocenters. The molecule has 1 aromatic rings. The number of nitrogens with one attached hydrogen (secondary N) is 1. The van der Waals surface area contributed by atoms with Crippen molar-refractivity contribution in [3.63, 3.8) is 0 Å². The van der Waals surface area contributed by atoms with Crippen molar-refractivity contribution in [2.45, 2.75) is 38.6 Å². The zero-order chi connectivity index (χ0) is 14.2. The fourth-order valence-electron chi connectivity index (χ4n) is 2.76. The fourth-order valence-corrected chi connectivity index (χ4v) is 2.76. The van der Waals surface area contributed by atoms with Crippen LogP contribution in [0.4, 0.5) is 0 Å². The van der Waals surface area contributed by atoms with E-state index in [1.54, 1.807) is 7.11 Å². The lowest BCUT2D eigenvalue weighted by Crippen LogP contribution is -2.26. The number of methoxy groups -OCH3 is 1. The number of benzene rings is 1. The Hall–Kier alpha value is -1.06. The third kappa shape index (κ3) is 4.22. The van der Waals surface area contributed by atoms with Crippen molar-refractivity contribution in [1.82, 2.24) is 5.32 Å². The summed E-state index contributed by atoms with van der Waals surface area (Å²) < 4.78 is 10.9. The summed E-state index contributed by atoms with van der Waals surface area (Å²) in [5.74, 6) is 1.88. The molecule has 3 nitrogen and oxygen atoms in total. The number of rotatable bonds is 9. The molecule has 20 heavy (non-hydrogen) atoms. The molecule has 3 heteroatoms. The predicted octanol–water partition coefficient (Wildman–Crippen LogP) is 3.55. The normalized spacial score (nSPS) is 16.7. The molecule has 2 rings (SSSR count). The van der Waals surface area contributed by atoms with Gasteiger partial charge in [-0.2, -0.15) is 0 Å². The molecule has 112 valence electrons. The molecule has 0 aromatic heterocycles. The maximum atomic E-state index is 5.87. The zero-order valence-electron chi connectivity index (χ0n) is 12.7. The SMILES string of the molecule is CCNC(CC1CCC1)c1ccccc1OCCOC. The molecule has 0 aliphatic heterocycles. The molecule has 0 radical (unpaired) electrons. The Morgan fingerprint density at radius 1 is 1.25 bits per heavy atom. The minimum atomic E-state index is 0.407. The van der Waals surface area contributed by atoms with Crippen LogP contribution < -0.4 is 10.1 Å². The second kappa shape index (κ2) is 8.28. The van der Waals surface area contributed by atoms with Gasteiger partial charge < -0.3 is 14.8 Å². The summed E-state index contributed by atoms with van der Waals surface area (Å²) in [5.41, 5.74) is 1.29. The summed E-state index contributed by atoms with van der Waals surface area (Å²) in [6.45, 7) is 4.39. The maximum absolute atomic E-state index is 5.87. The summed E-state index contributed by atoms with van der Waals surface area (Å²) in [4.78, 5) is 0. The largest absolute Gasteiger partial charge is 0.491 e. The van der Waals surface area contributed by atoms with Crippen LogP contribution in [0.25, 0.3) is 0 Å². The van der Waals surface area contributed by atoms with E-state index in [9.17, 15) is 0 Å². The first-order chi connectivity index (χ1) is 9.85. The first-order valence-electron chi connectivity index (χ1n) is 7.79. The lowest BCUT2D eigenvalue weighted by Gasteiger charge is -2.31. The highest BCUT2D eigenvalue weighted by molar-refractivity contribution is 5.36. The van der Waals surface area contributed by atoms with E-state index in [0.29, 0.717) is 19.3 Å². The van der Waals surface area contributed by atoms with E-state index in [1.807, 2.05) is 6.07 Å². The summed E-state index contributed by atoms with van der Waals surface area (Å²) in [6, 6.07) is 8.80. The van der Waals surface area contributed by atoms with Gasteiger partial charge >= 0.3 is 0 Å². The smallest absolute Gasteiger partial charge is 0.124 e. The highest BCUT2D eigenvalue weighted by atomic mass is 16.5. The molecule has 1 fully saturated rings. The predicted molar refractivity (Wildman–Crippen MR) is 82.2 cm³/mol. The summed E-state index contributed by atoms with van der Waals surface area (Å²) in [5, 5.41) is 3.62. The molecule has 1 aromatic carbocycles. The molecular weight excluding hydrogens is 250 g/mol. The molecule has 0 amide bonds. The molecule has 0 bridgehead atoms. The van der Waals surface area contributed by atoms with Crippen molar-refractivity contribution in [1.29, 1.82) is 0 Å². The monoisotopic (exact) mass is 277 g/mol. The average molecular weight is 277 g/mol. The number of para-hydroxylation sites is 1. The van der Waals surface area contributed by atoms with Gasteiger partial charge in [-0.3, -0.25) is 0 Å². The third-order valence-electron chi connectivity index (χ3n) is 4.08. The molecule has 1 saturated carbocycles. The van der Waals surface area contributed by atoms with Gasteiger partial charge in [0.1, 0.15) is 12.4 Å². The van der Waals surface area contributed by atoms with Crippen molar-refractivity contribution in [2.24, 2.45) is 5.92 Å². The molecule has 1 aliphatic rings. The first-order valence-corrected chi connectivity index (χ1v) is 7.79. The Labute approximate surface area is 122 Å². The Bertz CT molecular complexity index is 390. The molecule has 0 heterocycles. The Balaban J connectivity index is 2.05. The van der Waals surface area contributed by atoms with Crippen LogP contribution in [0.2, 0.25) is 0 Å².